The highest BCUT2D eigenvalue weighted by molar-refractivity contribution is 8.00. The Morgan fingerprint density at radius 2 is 1.94 bits per heavy atom. The number of thioether (sulfide) groups is 1. The molecule has 0 saturated carbocycles. The largest absolute Gasteiger partial charge is 0.316 e. The van der Waals surface area contributed by atoms with E-state index in [1.54, 1.807) is 36.6 Å². The van der Waals surface area contributed by atoms with E-state index in [2.05, 4.69) is 21.6 Å². The maximum absolute atomic E-state index is 14.5. The van der Waals surface area contributed by atoms with E-state index in [4.69, 9.17) is 5.26 Å². The molecule has 1 atom stereocenters. The van der Waals surface area contributed by atoms with Crippen LogP contribution in [0.5, 0.6) is 0 Å². The summed E-state index contributed by atoms with van der Waals surface area (Å²) in [7, 11) is 0. The molecule has 1 N–H and O–H groups in total. The van der Waals surface area contributed by atoms with Crippen LogP contribution < -0.4 is 5.32 Å². The van der Waals surface area contributed by atoms with Gasteiger partial charge >= 0.3 is 0 Å². The number of carbonyl (C=O) groups excluding carboxylic acids is 1. The molecule has 33 heavy (non-hydrogen) atoms. The van der Waals surface area contributed by atoms with Crippen LogP contribution in [0.2, 0.25) is 0 Å². The van der Waals surface area contributed by atoms with Gasteiger partial charge < -0.3 is 9.88 Å². The van der Waals surface area contributed by atoms with Crippen molar-refractivity contribution < 1.29 is 9.18 Å². The molecule has 0 aliphatic rings. The molecule has 0 aliphatic carbocycles. The van der Waals surface area contributed by atoms with Crippen molar-refractivity contribution in [2.45, 2.75) is 30.3 Å². The number of aryl methyl sites for hydroxylation is 1. The van der Waals surface area contributed by atoms with Crippen LogP contribution in [-0.4, -0.2) is 25.9 Å². The lowest BCUT2D eigenvalue weighted by atomic mass is 10.1. The standard InChI is InChI=1S/C24H20FN5OS2/c1-16(22(31)27-23-18(15-26)12-14-32-23)33-24-29-28-21(19-9-5-6-10-20(19)25)30(24)13-11-17-7-3-2-4-8-17/h2-10,12,14,16H,11,13H2,1H3,(H,27,31). The zero-order valence-corrected chi connectivity index (χ0v) is 19.4. The van der Waals surface area contributed by atoms with Crippen molar-refractivity contribution in [2.24, 2.45) is 0 Å². The molecular weight excluding hydrogens is 457 g/mol. The third-order valence-electron chi connectivity index (χ3n) is 4.97. The van der Waals surface area contributed by atoms with E-state index in [0.717, 1.165) is 5.56 Å². The first-order valence-corrected chi connectivity index (χ1v) is 12.0. The molecule has 0 spiro atoms. The Balaban J connectivity index is 1.58. The van der Waals surface area contributed by atoms with E-state index in [0.29, 0.717) is 40.1 Å². The first-order valence-electron chi connectivity index (χ1n) is 10.2. The van der Waals surface area contributed by atoms with Crippen molar-refractivity contribution in [1.29, 1.82) is 5.26 Å². The number of halogens is 1. The van der Waals surface area contributed by atoms with Crippen LogP contribution in [0, 0.1) is 17.1 Å². The highest BCUT2D eigenvalue weighted by atomic mass is 32.2. The van der Waals surface area contributed by atoms with Gasteiger partial charge in [-0.2, -0.15) is 5.26 Å². The Labute approximate surface area is 199 Å². The fraction of sp³-hybridized carbons (Fsp3) is 0.167. The third-order valence-corrected chi connectivity index (χ3v) is 6.88. The van der Waals surface area contributed by atoms with Crippen molar-refractivity contribution in [3.63, 3.8) is 0 Å². The molecule has 4 rings (SSSR count). The quantitative estimate of drug-likeness (QED) is 0.345. The predicted molar refractivity (Wildman–Crippen MR) is 129 cm³/mol. The number of carbonyl (C=O) groups is 1. The summed E-state index contributed by atoms with van der Waals surface area (Å²) in [5.41, 5.74) is 1.92. The van der Waals surface area contributed by atoms with Crippen LogP contribution in [-0.2, 0) is 17.8 Å². The highest BCUT2D eigenvalue weighted by Gasteiger charge is 2.23. The summed E-state index contributed by atoms with van der Waals surface area (Å²) in [5.74, 6) is -0.205. The molecule has 2 heterocycles. The number of nitrogens with one attached hydrogen (secondary N) is 1. The summed E-state index contributed by atoms with van der Waals surface area (Å²) in [5, 5.41) is 22.8. The number of aromatic nitrogens is 3. The third kappa shape index (κ3) is 5.30. The normalized spacial score (nSPS) is 11.7. The first-order chi connectivity index (χ1) is 16.1. The summed E-state index contributed by atoms with van der Waals surface area (Å²) < 4.78 is 16.4. The Morgan fingerprint density at radius 1 is 1.18 bits per heavy atom. The van der Waals surface area contributed by atoms with E-state index in [1.165, 1.54) is 29.2 Å². The fourth-order valence-electron chi connectivity index (χ4n) is 3.22. The lowest BCUT2D eigenvalue weighted by Crippen LogP contribution is -2.23. The summed E-state index contributed by atoms with van der Waals surface area (Å²) in [4.78, 5) is 12.8. The summed E-state index contributed by atoms with van der Waals surface area (Å²) >= 11 is 2.55. The number of rotatable bonds is 8. The molecule has 2 aromatic carbocycles. The Bertz CT molecular complexity index is 1300. The van der Waals surface area contributed by atoms with Crippen molar-refractivity contribution >= 4 is 34.0 Å². The van der Waals surface area contributed by atoms with Gasteiger partial charge in [0.05, 0.1) is 16.4 Å². The molecule has 2 aromatic heterocycles. The van der Waals surface area contributed by atoms with Crippen molar-refractivity contribution in [1.82, 2.24) is 14.8 Å². The summed E-state index contributed by atoms with van der Waals surface area (Å²) in [6.45, 7) is 2.29. The monoisotopic (exact) mass is 477 g/mol. The van der Waals surface area contributed by atoms with Crippen LogP contribution in [0.4, 0.5) is 9.39 Å². The molecule has 0 radical (unpaired) electrons. The Morgan fingerprint density at radius 3 is 2.70 bits per heavy atom. The SMILES string of the molecule is CC(Sc1nnc(-c2ccccc2F)n1CCc1ccccc1)C(=O)Nc1sccc1C#N. The molecule has 0 aliphatic heterocycles. The van der Waals surface area contributed by atoms with Gasteiger partial charge in [0.2, 0.25) is 5.91 Å². The minimum Gasteiger partial charge on any atom is -0.316 e. The number of nitrogens with zero attached hydrogens (tertiary/aromatic N) is 4. The average Bonchev–Trinajstić information content (AvgIpc) is 3.45. The second kappa shape index (κ2) is 10.4. The van der Waals surface area contributed by atoms with Crippen LogP contribution in [0.25, 0.3) is 11.4 Å². The average molecular weight is 478 g/mol. The van der Waals surface area contributed by atoms with Crippen LogP contribution in [0.15, 0.2) is 71.2 Å². The van der Waals surface area contributed by atoms with Crippen LogP contribution in [0.1, 0.15) is 18.1 Å². The van der Waals surface area contributed by atoms with E-state index in [-0.39, 0.29) is 11.7 Å². The molecule has 6 nitrogen and oxygen atoms in total. The number of thiophene rings is 1. The van der Waals surface area contributed by atoms with E-state index in [9.17, 15) is 9.18 Å². The molecule has 1 unspecified atom stereocenters. The van der Waals surface area contributed by atoms with Crippen molar-refractivity contribution in [3.8, 4) is 17.5 Å². The van der Waals surface area contributed by atoms with Crippen LogP contribution in [0.3, 0.4) is 0 Å². The van der Waals surface area contributed by atoms with Gasteiger partial charge in [0.1, 0.15) is 16.9 Å². The van der Waals surface area contributed by atoms with Gasteiger partial charge in [0, 0.05) is 6.54 Å². The fourth-order valence-corrected chi connectivity index (χ4v) is 4.84. The lowest BCUT2D eigenvalue weighted by molar-refractivity contribution is -0.115. The number of hydrogen-bond acceptors (Lipinski definition) is 6. The number of benzene rings is 2. The lowest BCUT2D eigenvalue weighted by Gasteiger charge is -2.14. The van der Waals surface area contributed by atoms with Crippen LogP contribution >= 0.6 is 23.1 Å². The minimum atomic E-state index is -0.508. The molecule has 166 valence electrons. The second-order valence-corrected chi connectivity index (χ2v) is 9.42. The highest BCUT2D eigenvalue weighted by Crippen LogP contribution is 2.30. The number of hydrogen-bond donors (Lipinski definition) is 1. The zero-order chi connectivity index (χ0) is 23.2. The maximum atomic E-state index is 14.5. The van der Waals surface area contributed by atoms with Gasteiger partial charge in [-0.1, -0.05) is 54.2 Å². The van der Waals surface area contributed by atoms with Crippen molar-refractivity contribution in [3.05, 3.63) is 83.0 Å². The van der Waals surface area contributed by atoms with E-state index in [1.807, 2.05) is 34.9 Å². The molecule has 0 saturated heterocycles. The van der Waals surface area contributed by atoms with Gasteiger partial charge in [-0.3, -0.25) is 4.79 Å². The number of anilines is 1. The molecule has 9 heteroatoms. The number of nitriles is 1. The molecule has 4 aromatic rings. The predicted octanol–water partition coefficient (Wildman–Crippen LogP) is 5.38. The Hall–Kier alpha value is -3.48. The summed E-state index contributed by atoms with van der Waals surface area (Å²) in [6.07, 6.45) is 0.704. The first kappa shape index (κ1) is 22.7. The zero-order valence-electron chi connectivity index (χ0n) is 17.7. The second-order valence-electron chi connectivity index (χ2n) is 7.20. The van der Waals surface area contributed by atoms with E-state index < -0.39 is 5.25 Å². The van der Waals surface area contributed by atoms with Gasteiger partial charge in [0.25, 0.3) is 0 Å². The van der Waals surface area contributed by atoms with Gasteiger partial charge in [0.15, 0.2) is 11.0 Å². The molecule has 0 bridgehead atoms. The summed E-state index contributed by atoms with van der Waals surface area (Å²) in [6, 6.07) is 20.1. The molecule has 1 amide bonds. The van der Waals surface area contributed by atoms with Gasteiger partial charge in [-0.15, -0.1) is 21.5 Å². The smallest absolute Gasteiger partial charge is 0.238 e. The van der Waals surface area contributed by atoms with Gasteiger partial charge in [-0.25, -0.2) is 4.39 Å². The van der Waals surface area contributed by atoms with Gasteiger partial charge in [-0.05, 0) is 42.5 Å². The topological polar surface area (TPSA) is 83.6 Å². The Kier molecular flexibility index (Phi) is 7.17. The molecular formula is C24H20FN5OS2. The molecule has 0 fully saturated rings. The minimum absolute atomic E-state index is 0.246. The number of amides is 1. The van der Waals surface area contributed by atoms with Crippen molar-refractivity contribution in [2.75, 3.05) is 5.32 Å². The van der Waals surface area contributed by atoms with E-state index >= 15 is 0 Å². The maximum Gasteiger partial charge on any atom is 0.238 e.